The first-order valence-corrected chi connectivity index (χ1v) is 8.97. The molecule has 1 aliphatic heterocycles. The molecule has 0 amide bonds. The number of rotatable bonds is 6. The highest BCUT2D eigenvalue weighted by molar-refractivity contribution is 7.88. The Labute approximate surface area is 135 Å². The van der Waals surface area contributed by atoms with E-state index in [9.17, 15) is 22.7 Å². The summed E-state index contributed by atoms with van der Waals surface area (Å²) in [5.41, 5.74) is -0.833. The van der Waals surface area contributed by atoms with Crippen LogP contribution in [0.4, 0.5) is 4.39 Å². The van der Waals surface area contributed by atoms with Gasteiger partial charge in [-0.25, -0.2) is 17.1 Å². The van der Waals surface area contributed by atoms with Crippen molar-refractivity contribution in [3.8, 4) is 0 Å². The Hall–Kier alpha value is -1.73. The Kier molecular flexibility index (Phi) is 5.21. The molecular weight excluding hydrogens is 321 g/mol. The smallest absolute Gasteiger partial charge is 0.310 e. The van der Waals surface area contributed by atoms with Crippen LogP contribution in [0.5, 0.6) is 0 Å². The molecule has 0 atom stereocenters. The maximum absolute atomic E-state index is 13.6. The summed E-state index contributed by atoms with van der Waals surface area (Å²) in [7, 11) is -3.68. The second-order valence-corrected chi connectivity index (χ2v) is 7.79. The molecule has 5 nitrogen and oxygen atoms in total. The molecule has 0 unspecified atom stereocenters. The van der Waals surface area contributed by atoms with Crippen molar-refractivity contribution in [1.82, 2.24) is 4.31 Å². The van der Waals surface area contributed by atoms with Gasteiger partial charge in [-0.15, -0.1) is 6.58 Å². The first-order valence-electron chi connectivity index (χ1n) is 7.36. The van der Waals surface area contributed by atoms with Gasteiger partial charge < -0.3 is 5.11 Å². The molecule has 1 aromatic carbocycles. The van der Waals surface area contributed by atoms with E-state index < -0.39 is 33.0 Å². The molecule has 0 bridgehead atoms. The van der Waals surface area contributed by atoms with E-state index in [4.69, 9.17) is 0 Å². The van der Waals surface area contributed by atoms with Crippen LogP contribution in [0.3, 0.4) is 0 Å². The lowest BCUT2D eigenvalue weighted by molar-refractivity contribution is -0.151. The summed E-state index contributed by atoms with van der Waals surface area (Å²) in [4.78, 5) is 11.5. The van der Waals surface area contributed by atoms with Crippen LogP contribution in [0, 0.1) is 11.2 Å². The van der Waals surface area contributed by atoms with E-state index in [-0.39, 0.29) is 31.5 Å². The molecule has 7 heteroatoms. The van der Waals surface area contributed by atoms with Crippen LogP contribution in [0.25, 0.3) is 0 Å². The number of carboxylic acid groups (broad SMARTS) is 1. The minimum atomic E-state index is -3.68. The fourth-order valence-electron chi connectivity index (χ4n) is 2.88. The summed E-state index contributed by atoms with van der Waals surface area (Å²) in [6, 6.07) is 5.75. The predicted molar refractivity (Wildman–Crippen MR) is 84.7 cm³/mol. The number of halogens is 1. The third-order valence-electron chi connectivity index (χ3n) is 4.36. The molecule has 126 valence electrons. The highest BCUT2D eigenvalue weighted by atomic mass is 32.2. The zero-order chi connectivity index (χ0) is 17.1. The van der Waals surface area contributed by atoms with Gasteiger partial charge >= 0.3 is 5.97 Å². The van der Waals surface area contributed by atoms with E-state index >= 15 is 0 Å². The number of hydrogen-bond donors (Lipinski definition) is 1. The SMILES string of the molecule is C=CCC1(C(=O)O)CCN(S(=O)(=O)Cc2ccccc2F)CC1. The van der Waals surface area contributed by atoms with E-state index in [1.807, 2.05) is 0 Å². The molecule has 0 aromatic heterocycles. The molecule has 1 saturated heterocycles. The molecule has 0 aliphatic carbocycles. The standard InChI is InChI=1S/C16H20FNO4S/c1-2-7-16(15(19)20)8-10-18(11-9-16)23(21,22)12-13-5-3-4-6-14(13)17/h2-6H,1,7-12H2,(H,19,20). The van der Waals surface area contributed by atoms with Crippen molar-refractivity contribution in [3.63, 3.8) is 0 Å². The Morgan fingerprint density at radius 3 is 2.48 bits per heavy atom. The van der Waals surface area contributed by atoms with Gasteiger partial charge in [0.2, 0.25) is 10.0 Å². The zero-order valence-electron chi connectivity index (χ0n) is 12.7. The second kappa shape index (κ2) is 6.80. The molecule has 1 heterocycles. The van der Waals surface area contributed by atoms with Crippen LogP contribution in [0.2, 0.25) is 0 Å². The van der Waals surface area contributed by atoms with Gasteiger partial charge in [-0.1, -0.05) is 24.3 Å². The van der Waals surface area contributed by atoms with Crippen LogP contribution < -0.4 is 0 Å². The third-order valence-corrected chi connectivity index (χ3v) is 6.19. The van der Waals surface area contributed by atoms with Crippen LogP contribution in [-0.4, -0.2) is 36.9 Å². The number of nitrogens with zero attached hydrogens (tertiary/aromatic N) is 1. The molecule has 1 aliphatic rings. The van der Waals surface area contributed by atoms with E-state index in [1.165, 1.54) is 22.5 Å². The van der Waals surface area contributed by atoms with E-state index in [0.717, 1.165) is 0 Å². The first-order chi connectivity index (χ1) is 10.8. The maximum Gasteiger partial charge on any atom is 0.310 e. The lowest BCUT2D eigenvalue weighted by atomic mass is 9.76. The lowest BCUT2D eigenvalue weighted by Crippen LogP contribution is -2.46. The number of carbonyl (C=O) groups is 1. The number of allylic oxidation sites excluding steroid dienone is 1. The molecule has 0 saturated carbocycles. The summed E-state index contributed by atoms with van der Waals surface area (Å²) in [6.45, 7) is 3.82. The van der Waals surface area contributed by atoms with Crippen LogP contribution in [0.15, 0.2) is 36.9 Å². The van der Waals surface area contributed by atoms with Crippen molar-refractivity contribution in [2.24, 2.45) is 5.41 Å². The Morgan fingerprint density at radius 2 is 1.96 bits per heavy atom. The van der Waals surface area contributed by atoms with Crippen LogP contribution >= 0.6 is 0 Å². The Morgan fingerprint density at radius 1 is 1.35 bits per heavy atom. The fraction of sp³-hybridized carbons (Fsp3) is 0.438. The molecule has 23 heavy (non-hydrogen) atoms. The van der Waals surface area contributed by atoms with E-state index in [0.29, 0.717) is 6.42 Å². The topological polar surface area (TPSA) is 74.7 Å². The largest absolute Gasteiger partial charge is 0.481 e. The highest BCUT2D eigenvalue weighted by Gasteiger charge is 2.42. The average Bonchev–Trinajstić information content (AvgIpc) is 2.50. The summed E-state index contributed by atoms with van der Waals surface area (Å²) >= 11 is 0. The summed E-state index contributed by atoms with van der Waals surface area (Å²) in [5, 5.41) is 9.42. The van der Waals surface area contributed by atoms with Gasteiger partial charge in [0.1, 0.15) is 5.82 Å². The zero-order valence-corrected chi connectivity index (χ0v) is 13.6. The number of hydrogen-bond acceptors (Lipinski definition) is 3. The number of piperidine rings is 1. The minimum Gasteiger partial charge on any atom is -0.481 e. The summed E-state index contributed by atoms with van der Waals surface area (Å²) < 4.78 is 39.8. The minimum absolute atomic E-state index is 0.119. The number of carboxylic acids is 1. The summed E-state index contributed by atoms with van der Waals surface area (Å²) in [6.07, 6.45) is 2.32. The molecule has 1 aromatic rings. The van der Waals surface area contributed by atoms with Crippen molar-refractivity contribution in [2.45, 2.75) is 25.0 Å². The molecule has 0 radical (unpaired) electrons. The van der Waals surface area contributed by atoms with Crippen LogP contribution in [0.1, 0.15) is 24.8 Å². The van der Waals surface area contributed by atoms with Gasteiger partial charge in [-0.3, -0.25) is 4.79 Å². The van der Waals surface area contributed by atoms with Crippen molar-refractivity contribution in [2.75, 3.05) is 13.1 Å². The fourth-order valence-corrected chi connectivity index (χ4v) is 4.43. The molecule has 1 N–H and O–H groups in total. The molecule has 1 fully saturated rings. The van der Waals surface area contributed by atoms with E-state index in [2.05, 4.69) is 6.58 Å². The Balaban J connectivity index is 2.11. The number of aliphatic carboxylic acids is 1. The monoisotopic (exact) mass is 341 g/mol. The van der Waals surface area contributed by atoms with Gasteiger partial charge in [0.15, 0.2) is 0 Å². The Bertz CT molecular complexity index is 694. The molecule has 2 rings (SSSR count). The number of sulfonamides is 1. The second-order valence-electron chi connectivity index (χ2n) is 5.82. The van der Waals surface area contributed by atoms with Gasteiger partial charge in [0.25, 0.3) is 0 Å². The number of benzene rings is 1. The maximum atomic E-state index is 13.6. The van der Waals surface area contributed by atoms with Crippen LogP contribution in [-0.2, 0) is 20.6 Å². The van der Waals surface area contributed by atoms with Crippen molar-refractivity contribution in [3.05, 3.63) is 48.3 Å². The van der Waals surface area contributed by atoms with Gasteiger partial charge in [-0.2, -0.15) is 0 Å². The normalized spacial score (nSPS) is 18.5. The lowest BCUT2D eigenvalue weighted by Gasteiger charge is -2.37. The third kappa shape index (κ3) is 3.79. The summed E-state index contributed by atoms with van der Waals surface area (Å²) in [5.74, 6) is -1.90. The highest BCUT2D eigenvalue weighted by Crippen LogP contribution is 2.36. The van der Waals surface area contributed by atoms with Gasteiger partial charge in [0.05, 0.1) is 11.2 Å². The van der Waals surface area contributed by atoms with Crippen molar-refractivity contribution in [1.29, 1.82) is 0 Å². The molecule has 0 spiro atoms. The predicted octanol–water partition coefficient (Wildman–Crippen LogP) is 2.40. The first kappa shape index (κ1) is 17.6. The van der Waals surface area contributed by atoms with E-state index in [1.54, 1.807) is 12.1 Å². The van der Waals surface area contributed by atoms with Crippen molar-refractivity contribution >= 4 is 16.0 Å². The van der Waals surface area contributed by atoms with Gasteiger partial charge in [0, 0.05) is 18.7 Å². The van der Waals surface area contributed by atoms with Gasteiger partial charge in [-0.05, 0) is 25.3 Å². The van der Waals surface area contributed by atoms with Crippen molar-refractivity contribution < 1.29 is 22.7 Å². The quantitative estimate of drug-likeness (QED) is 0.806. The molecular formula is C16H20FNO4S. The average molecular weight is 341 g/mol.